The molecule has 0 amide bonds. The van der Waals surface area contributed by atoms with Gasteiger partial charge in [0.1, 0.15) is 0 Å². The zero-order valence-electron chi connectivity index (χ0n) is 7.96. The van der Waals surface area contributed by atoms with Crippen molar-refractivity contribution in [2.45, 2.75) is 0 Å². The van der Waals surface area contributed by atoms with Crippen LogP contribution in [-0.4, -0.2) is 5.11 Å². The summed E-state index contributed by atoms with van der Waals surface area (Å²) in [5.41, 5.74) is 0.631. The molecule has 3 heteroatoms. The van der Waals surface area contributed by atoms with Gasteiger partial charge in [0.15, 0.2) is 4.98 Å². The van der Waals surface area contributed by atoms with E-state index in [1.54, 1.807) is 6.07 Å². The first-order chi connectivity index (χ1) is 7.31. The first-order valence-electron chi connectivity index (χ1n) is 4.54. The van der Waals surface area contributed by atoms with E-state index in [0.717, 1.165) is 17.0 Å². The van der Waals surface area contributed by atoms with E-state index in [-0.39, 0.29) is 5.76 Å². The number of aliphatic hydroxyl groups is 1. The smallest absolute Gasteiger partial charge is 0.392 e. The lowest BCUT2D eigenvalue weighted by Crippen LogP contribution is -1.82. The number of rotatable bonds is 1. The van der Waals surface area contributed by atoms with Gasteiger partial charge in [0, 0.05) is 5.56 Å². The minimum Gasteiger partial charge on any atom is -0.501 e. The van der Waals surface area contributed by atoms with Crippen molar-refractivity contribution < 1.29 is 5.11 Å². The molecular weight excluding hydrogens is 188 g/mol. The van der Waals surface area contributed by atoms with Crippen molar-refractivity contribution in [3.8, 4) is 0 Å². The molecule has 0 bridgehead atoms. The van der Waals surface area contributed by atoms with Crippen LogP contribution in [0.4, 0.5) is 0 Å². The lowest BCUT2D eigenvalue weighted by atomic mass is 10.1. The molecule has 0 unspecified atom stereocenters. The first kappa shape index (κ1) is 9.22. The highest BCUT2D eigenvalue weighted by Gasteiger charge is 2.04. The molecule has 2 aromatic carbocycles. The summed E-state index contributed by atoms with van der Waals surface area (Å²) in [6, 6.07) is 13.4. The highest BCUT2D eigenvalue weighted by molar-refractivity contribution is 5.85. The first-order valence-corrected chi connectivity index (χ1v) is 4.54. The molecule has 15 heavy (non-hydrogen) atoms. The normalized spacial score (nSPS) is 11.3. The van der Waals surface area contributed by atoms with Gasteiger partial charge in [-0.05, 0) is 16.8 Å². The van der Waals surface area contributed by atoms with Crippen molar-refractivity contribution in [3.05, 3.63) is 59.2 Å². The Kier molecular flexibility index (Phi) is 2.34. The Morgan fingerprint density at radius 3 is 2.60 bits per heavy atom. The van der Waals surface area contributed by atoms with Crippen molar-refractivity contribution in [1.29, 1.82) is 5.39 Å². The van der Waals surface area contributed by atoms with Crippen LogP contribution in [0.15, 0.2) is 48.7 Å². The van der Waals surface area contributed by atoms with Crippen molar-refractivity contribution in [3.63, 3.8) is 0 Å². The van der Waals surface area contributed by atoms with Crippen LogP contribution in [-0.2, 0) is 0 Å². The lowest BCUT2D eigenvalue weighted by Gasteiger charge is -1.99. The Labute approximate surface area is 86.9 Å². The van der Waals surface area contributed by atoms with Gasteiger partial charge in [0.2, 0.25) is 11.2 Å². The molecule has 0 saturated heterocycles. The highest BCUT2D eigenvalue weighted by Crippen LogP contribution is 2.19. The molecule has 2 aromatic rings. The van der Waals surface area contributed by atoms with E-state index in [9.17, 15) is 5.11 Å². The maximum atomic E-state index is 9.49. The van der Waals surface area contributed by atoms with E-state index >= 15 is 0 Å². The second-order valence-corrected chi connectivity index (χ2v) is 3.19. The summed E-state index contributed by atoms with van der Waals surface area (Å²) in [7, 11) is 0. The van der Waals surface area contributed by atoms with E-state index in [0.29, 0.717) is 5.56 Å². The number of fused-ring (bicyclic) bond motifs is 1. The Balaban J connectivity index is 2.57. The summed E-state index contributed by atoms with van der Waals surface area (Å²) in [5, 5.41) is 19.9. The molecule has 0 aliphatic heterocycles. The second-order valence-electron chi connectivity index (χ2n) is 3.19. The predicted molar refractivity (Wildman–Crippen MR) is 59.6 cm³/mol. The van der Waals surface area contributed by atoms with Crippen LogP contribution in [0.25, 0.3) is 21.5 Å². The van der Waals surface area contributed by atoms with Crippen molar-refractivity contribution in [2.24, 2.45) is 0 Å². The standard InChI is InChI=1S/C12H8N2O/c13-14-8-12(15)11-6-5-9-3-1-2-4-10(9)7-11/h1-8H/p+1. The molecule has 3 nitrogen and oxygen atoms in total. The molecule has 0 aliphatic rings. The summed E-state index contributed by atoms with van der Waals surface area (Å²) in [4.78, 5) is 2.78. The Morgan fingerprint density at radius 2 is 1.87 bits per heavy atom. The van der Waals surface area contributed by atoms with Crippen LogP contribution < -0.4 is 0 Å². The summed E-state index contributed by atoms with van der Waals surface area (Å²) in [5.74, 6) is -0.0525. The maximum Gasteiger partial charge on any atom is 0.392 e. The largest absolute Gasteiger partial charge is 0.501 e. The van der Waals surface area contributed by atoms with Gasteiger partial charge in [-0.15, -0.1) is 0 Å². The SMILES string of the molecule is N#[N+]C=C(O)c1ccc2ccccc2c1. The van der Waals surface area contributed by atoms with Gasteiger partial charge in [0.25, 0.3) is 0 Å². The summed E-state index contributed by atoms with van der Waals surface area (Å²) in [6.45, 7) is 0. The molecule has 0 fully saturated rings. The van der Waals surface area contributed by atoms with Gasteiger partial charge in [-0.3, -0.25) is 0 Å². The Morgan fingerprint density at radius 1 is 1.13 bits per heavy atom. The summed E-state index contributed by atoms with van der Waals surface area (Å²) in [6.07, 6.45) is 1.00. The Hall–Kier alpha value is -2.34. The number of aliphatic hydroxyl groups excluding tert-OH is 1. The summed E-state index contributed by atoms with van der Waals surface area (Å²) >= 11 is 0. The molecular formula is C12H9N2O+. The fourth-order valence-electron chi connectivity index (χ4n) is 1.48. The molecule has 0 atom stereocenters. The second kappa shape index (κ2) is 3.81. The monoisotopic (exact) mass is 197 g/mol. The molecule has 0 heterocycles. The Bertz CT molecular complexity index is 567. The minimum absolute atomic E-state index is 0.0525. The zero-order chi connectivity index (χ0) is 10.7. The average molecular weight is 197 g/mol. The number of hydrogen-bond donors (Lipinski definition) is 1. The zero-order valence-corrected chi connectivity index (χ0v) is 7.96. The molecule has 0 aliphatic carbocycles. The fourth-order valence-corrected chi connectivity index (χ4v) is 1.48. The van der Waals surface area contributed by atoms with E-state index in [4.69, 9.17) is 5.39 Å². The average Bonchev–Trinajstić information content (AvgIpc) is 2.29. The lowest BCUT2D eigenvalue weighted by molar-refractivity contribution is 0.512. The van der Waals surface area contributed by atoms with E-state index in [1.165, 1.54) is 0 Å². The number of nitrogens with zero attached hydrogens (tertiary/aromatic N) is 2. The van der Waals surface area contributed by atoms with Crippen LogP contribution in [0.1, 0.15) is 5.56 Å². The van der Waals surface area contributed by atoms with Crippen LogP contribution in [0.5, 0.6) is 0 Å². The third-order valence-corrected chi connectivity index (χ3v) is 2.23. The molecule has 2 rings (SSSR count). The van der Waals surface area contributed by atoms with Crippen molar-refractivity contribution >= 4 is 16.5 Å². The van der Waals surface area contributed by atoms with Gasteiger partial charge in [-0.2, -0.15) is 0 Å². The topological polar surface area (TPSA) is 48.4 Å². The van der Waals surface area contributed by atoms with Crippen LogP contribution >= 0.6 is 0 Å². The van der Waals surface area contributed by atoms with Crippen LogP contribution in [0.3, 0.4) is 0 Å². The van der Waals surface area contributed by atoms with Crippen molar-refractivity contribution in [1.82, 2.24) is 0 Å². The minimum atomic E-state index is -0.0525. The van der Waals surface area contributed by atoms with E-state index in [1.807, 2.05) is 36.4 Å². The summed E-state index contributed by atoms with van der Waals surface area (Å²) < 4.78 is 0. The van der Waals surface area contributed by atoms with Gasteiger partial charge >= 0.3 is 6.20 Å². The number of hydrogen-bond acceptors (Lipinski definition) is 2. The molecule has 0 radical (unpaired) electrons. The van der Waals surface area contributed by atoms with Crippen molar-refractivity contribution in [2.75, 3.05) is 0 Å². The fraction of sp³-hybridized carbons (Fsp3) is 0. The van der Waals surface area contributed by atoms with E-state index < -0.39 is 0 Å². The van der Waals surface area contributed by atoms with Crippen LogP contribution in [0, 0.1) is 5.39 Å². The molecule has 72 valence electrons. The number of diazo groups is 1. The van der Waals surface area contributed by atoms with E-state index in [2.05, 4.69) is 4.98 Å². The van der Waals surface area contributed by atoms with Crippen LogP contribution in [0.2, 0.25) is 0 Å². The molecule has 0 aromatic heterocycles. The predicted octanol–water partition coefficient (Wildman–Crippen LogP) is 3.55. The maximum absolute atomic E-state index is 9.49. The molecule has 1 N–H and O–H groups in total. The van der Waals surface area contributed by atoms with Gasteiger partial charge in [0.05, 0.1) is 0 Å². The number of benzene rings is 2. The van der Waals surface area contributed by atoms with Gasteiger partial charge in [-0.1, -0.05) is 36.4 Å². The van der Waals surface area contributed by atoms with Gasteiger partial charge in [-0.25, -0.2) is 0 Å². The van der Waals surface area contributed by atoms with Gasteiger partial charge < -0.3 is 5.11 Å². The molecule has 0 saturated carbocycles. The highest BCUT2D eigenvalue weighted by atomic mass is 16.3. The quantitative estimate of drug-likeness (QED) is 0.561. The molecule has 0 spiro atoms. The third-order valence-electron chi connectivity index (χ3n) is 2.23. The third kappa shape index (κ3) is 1.79.